The molecule has 2 aromatic rings. The summed E-state index contributed by atoms with van der Waals surface area (Å²) in [6.07, 6.45) is -0.226. The molecule has 0 amide bonds. The fraction of sp³-hybridized carbons (Fsp3) is 0.368. The first kappa shape index (κ1) is 17.6. The van der Waals surface area contributed by atoms with Gasteiger partial charge in [-0.2, -0.15) is 0 Å². The Labute approximate surface area is 145 Å². The first-order valence-corrected chi connectivity index (χ1v) is 8.09. The van der Waals surface area contributed by atoms with E-state index >= 15 is 0 Å². The third-order valence-electron chi connectivity index (χ3n) is 4.57. The van der Waals surface area contributed by atoms with Crippen LogP contribution in [0.4, 0.5) is 8.78 Å². The van der Waals surface area contributed by atoms with Crippen LogP contribution in [0.3, 0.4) is 0 Å². The normalized spacial score (nSPS) is 20.7. The van der Waals surface area contributed by atoms with Gasteiger partial charge >= 0.3 is 0 Å². The van der Waals surface area contributed by atoms with Gasteiger partial charge < -0.3 is 14.6 Å². The monoisotopic (exact) mass is 349 g/mol. The number of likely N-dealkylation sites (tertiary alicyclic amines) is 1. The Morgan fingerprint density at radius 2 is 1.92 bits per heavy atom. The maximum atomic E-state index is 14.2. The molecule has 6 heteroatoms. The minimum Gasteiger partial charge on any atom is -0.497 e. The van der Waals surface area contributed by atoms with Gasteiger partial charge in [0.1, 0.15) is 23.1 Å². The molecule has 0 bridgehead atoms. The number of benzene rings is 2. The van der Waals surface area contributed by atoms with Gasteiger partial charge in [-0.3, -0.25) is 4.90 Å². The van der Waals surface area contributed by atoms with Crippen LogP contribution in [0, 0.1) is 11.6 Å². The lowest BCUT2D eigenvalue weighted by Crippen LogP contribution is -2.25. The van der Waals surface area contributed by atoms with E-state index in [1.165, 1.54) is 6.07 Å². The van der Waals surface area contributed by atoms with Crippen LogP contribution in [0.5, 0.6) is 11.5 Å². The van der Waals surface area contributed by atoms with Gasteiger partial charge in [0.25, 0.3) is 0 Å². The van der Waals surface area contributed by atoms with E-state index in [0.29, 0.717) is 31.0 Å². The molecule has 2 unspecified atom stereocenters. The molecule has 1 N–H and O–H groups in total. The molecule has 0 spiro atoms. The van der Waals surface area contributed by atoms with Gasteiger partial charge in [0.2, 0.25) is 0 Å². The van der Waals surface area contributed by atoms with Crippen molar-refractivity contribution in [3.63, 3.8) is 0 Å². The number of halogens is 2. The van der Waals surface area contributed by atoms with Crippen molar-refractivity contribution in [2.75, 3.05) is 20.8 Å². The predicted octanol–water partition coefficient (Wildman–Crippen LogP) is 3.29. The maximum absolute atomic E-state index is 14.2. The minimum atomic E-state index is -0.586. The SMILES string of the molecule is COc1ccc(CN2CC(O)CC2c2cc(F)ccc2F)c(OC)c1. The fourth-order valence-corrected chi connectivity index (χ4v) is 3.35. The lowest BCUT2D eigenvalue weighted by molar-refractivity contribution is 0.172. The van der Waals surface area contributed by atoms with E-state index in [1.807, 2.05) is 17.0 Å². The van der Waals surface area contributed by atoms with Gasteiger partial charge in [0, 0.05) is 36.3 Å². The Kier molecular flexibility index (Phi) is 5.20. The van der Waals surface area contributed by atoms with Crippen LogP contribution in [-0.2, 0) is 6.54 Å². The molecule has 2 aromatic carbocycles. The first-order valence-electron chi connectivity index (χ1n) is 8.09. The largest absolute Gasteiger partial charge is 0.497 e. The maximum Gasteiger partial charge on any atom is 0.128 e. The summed E-state index contributed by atoms with van der Waals surface area (Å²) < 4.78 is 38.4. The summed E-state index contributed by atoms with van der Waals surface area (Å²) in [5.74, 6) is 0.376. The summed E-state index contributed by atoms with van der Waals surface area (Å²) in [5.41, 5.74) is 1.16. The second-order valence-electron chi connectivity index (χ2n) is 6.18. The molecule has 0 saturated carbocycles. The number of methoxy groups -OCH3 is 2. The average Bonchev–Trinajstić information content (AvgIpc) is 2.97. The summed E-state index contributed by atoms with van der Waals surface area (Å²) in [4.78, 5) is 1.94. The van der Waals surface area contributed by atoms with Crippen molar-refractivity contribution in [1.82, 2.24) is 4.90 Å². The molecule has 2 atom stereocenters. The van der Waals surface area contributed by atoms with E-state index in [9.17, 15) is 13.9 Å². The van der Waals surface area contributed by atoms with Crippen LogP contribution in [0.15, 0.2) is 36.4 Å². The molecule has 0 aliphatic carbocycles. The van der Waals surface area contributed by atoms with Crippen molar-refractivity contribution >= 4 is 0 Å². The van der Waals surface area contributed by atoms with Gasteiger partial charge in [-0.15, -0.1) is 0 Å². The number of nitrogens with zero attached hydrogens (tertiary/aromatic N) is 1. The van der Waals surface area contributed by atoms with E-state index in [2.05, 4.69) is 0 Å². The third kappa shape index (κ3) is 3.75. The van der Waals surface area contributed by atoms with Gasteiger partial charge in [0.15, 0.2) is 0 Å². The highest BCUT2D eigenvalue weighted by Gasteiger charge is 2.34. The van der Waals surface area contributed by atoms with E-state index in [-0.39, 0.29) is 5.56 Å². The molecule has 0 aromatic heterocycles. The molecule has 3 rings (SSSR count). The average molecular weight is 349 g/mol. The smallest absolute Gasteiger partial charge is 0.128 e. The summed E-state index contributed by atoms with van der Waals surface area (Å²) >= 11 is 0. The summed E-state index contributed by atoms with van der Waals surface area (Å²) in [7, 11) is 3.15. The minimum absolute atomic E-state index is 0.268. The molecule has 1 fully saturated rings. The Hall–Kier alpha value is -2.18. The number of aliphatic hydroxyl groups excluding tert-OH is 1. The Bertz CT molecular complexity index is 753. The zero-order valence-electron chi connectivity index (χ0n) is 14.2. The highest BCUT2D eigenvalue weighted by Crippen LogP contribution is 2.36. The molecule has 25 heavy (non-hydrogen) atoms. The molecule has 1 aliphatic heterocycles. The highest BCUT2D eigenvalue weighted by molar-refractivity contribution is 5.41. The molecule has 0 radical (unpaired) electrons. The van der Waals surface area contributed by atoms with E-state index < -0.39 is 23.8 Å². The molecule has 1 saturated heterocycles. The van der Waals surface area contributed by atoms with Gasteiger partial charge in [0.05, 0.1) is 20.3 Å². The number of aliphatic hydroxyl groups is 1. The van der Waals surface area contributed by atoms with Gasteiger partial charge in [-0.25, -0.2) is 8.78 Å². The van der Waals surface area contributed by atoms with Crippen molar-refractivity contribution in [3.8, 4) is 11.5 Å². The van der Waals surface area contributed by atoms with Crippen LogP contribution in [0.2, 0.25) is 0 Å². The van der Waals surface area contributed by atoms with Crippen LogP contribution >= 0.6 is 0 Å². The van der Waals surface area contributed by atoms with Crippen LogP contribution < -0.4 is 9.47 Å². The van der Waals surface area contributed by atoms with E-state index in [0.717, 1.165) is 17.7 Å². The number of ether oxygens (including phenoxy) is 2. The van der Waals surface area contributed by atoms with Crippen molar-refractivity contribution in [2.45, 2.75) is 25.1 Å². The summed E-state index contributed by atoms with van der Waals surface area (Å²) in [6.45, 7) is 0.834. The predicted molar refractivity (Wildman–Crippen MR) is 89.7 cm³/mol. The quantitative estimate of drug-likeness (QED) is 0.899. The Balaban J connectivity index is 1.89. The fourth-order valence-electron chi connectivity index (χ4n) is 3.35. The Morgan fingerprint density at radius 1 is 1.12 bits per heavy atom. The van der Waals surface area contributed by atoms with Crippen molar-refractivity contribution < 1.29 is 23.4 Å². The summed E-state index contributed by atoms with van der Waals surface area (Å²) in [6, 6.07) is 8.51. The lowest BCUT2D eigenvalue weighted by atomic mass is 10.0. The van der Waals surface area contributed by atoms with Crippen LogP contribution in [0.1, 0.15) is 23.6 Å². The van der Waals surface area contributed by atoms with Crippen LogP contribution in [0.25, 0.3) is 0 Å². The van der Waals surface area contributed by atoms with E-state index in [1.54, 1.807) is 20.3 Å². The van der Waals surface area contributed by atoms with Crippen molar-refractivity contribution in [2.24, 2.45) is 0 Å². The number of β-amino-alcohol motifs (C(OH)–C–C–N with tert-alkyl or cyclic N) is 1. The summed E-state index contributed by atoms with van der Waals surface area (Å²) in [5, 5.41) is 10.1. The number of hydrogen-bond donors (Lipinski definition) is 1. The lowest BCUT2D eigenvalue weighted by Gasteiger charge is -2.25. The number of hydrogen-bond acceptors (Lipinski definition) is 4. The highest BCUT2D eigenvalue weighted by atomic mass is 19.1. The van der Waals surface area contributed by atoms with Crippen LogP contribution in [-0.4, -0.2) is 36.9 Å². The second-order valence-corrected chi connectivity index (χ2v) is 6.18. The standard InChI is InChI=1S/C19H21F2NO3/c1-24-15-5-3-12(19(9-15)25-2)10-22-11-14(23)8-18(22)16-7-13(20)4-6-17(16)21/h3-7,9,14,18,23H,8,10-11H2,1-2H3. The third-order valence-corrected chi connectivity index (χ3v) is 4.57. The molecule has 1 aliphatic rings. The molecular weight excluding hydrogens is 328 g/mol. The second kappa shape index (κ2) is 7.37. The molecule has 4 nitrogen and oxygen atoms in total. The first-order chi connectivity index (χ1) is 12.0. The zero-order valence-corrected chi connectivity index (χ0v) is 14.2. The topological polar surface area (TPSA) is 41.9 Å². The van der Waals surface area contributed by atoms with Gasteiger partial charge in [-0.1, -0.05) is 6.07 Å². The number of rotatable bonds is 5. The van der Waals surface area contributed by atoms with Crippen molar-refractivity contribution in [3.05, 3.63) is 59.2 Å². The molecule has 1 heterocycles. The zero-order chi connectivity index (χ0) is 18.0. The van der Waals surface area contributed by atoms with Gasteiger partial charge in [-0.05, 0) is 30.7 Å². The van der Waals surface area contributed by atoms with Crippen molar-refractivity contribution in [1.29, 1.82) is 0 Å². The molecule has 134 valence electrons. The molecular formula is C19H21F2NO3. The Morgan fingerprint density at radius 3 is 2.64 bits per heavy atom. The van der Waals surface area contributed by atoms with E-state index in [4.69, 9.17) is 9.47 Å².